The second-order valence-electron chi connectivity index (χ2n) is 7.34. The molecule has 0 radical (unpaired) electrons. The highest BCUT2D eigenvalue weighted by atomic mass is 16.5. The molecule has 0 aromatic rings. The molecule has 1 aliphatic rings. The van der Waals surface area contributed by atoms with Crippen molar-refractivity contribution < 1.29 is 4.74 Å². The molecule has 2 nitrogen and oxygen atoms in total. The highest BCUT2D eigenvalue weighted by Crippen LogP contribution is 2.39. The van der Waals surface area contributed by atoms with E-state index in [4.69, 9.17) is 4.74 Å². The lowest BCUT2D eigenvalue weighted by Crippen LogP contribution is -2.31. The van der Waals surface area contributed by atoms with Crippen LogP contribution >= 0.6 is 0 Å². The van der Waals surface area contributed by atoms with Crippen LogP contribution in [0.1, 0.15) is 65.7 Å². The summed E-state index contributed by atoms with van der Waals surface area (Å²) in [5.74, 6) is 1.87. The molecule has 114 valence electrons. The predicted octanol–water partition coefficient (Wildman–Crippen LogP) is 4.25. The average Bonchev–Trinajstić information content (AvgIpc) is 2.37. The van der Waals surface area contributed by atoms with Gasteiger partial charge in [0.1, 0.15) is 0 Å². The third-order valence-electron chi connectivity index (χ3n) is 4.71. The molecule has 1 saturated carbocycles. The zero-order chi connectivity index (χ0) is 14.1. The highest BCUT2D eigenvalue weighted by Gasteiger charge is 2.29. The molecule has 0 aliphatic heterocycles. The number of ether oxygens (including phenoxy) is 1. The molecular weight excluding hydrogens is 234 g/mol. The first-order chi connectivity index (χ1) is 9.04. The lowest BCUT2D eigenvalue weighted by atomic mass is 9.70. The molecule has 19 heavy (non-hydrogen) atoms. The topological polar surface area (TPSA) is 21.3 Å². The van der Waals surface area contributed by atoms with Crippen LogP contribution in [0.3, 0.4) is 0 Å². The molecule has 1 fully saturated rings. The Morgan fingerprint density at radius 1 is 1.00 bits per heavy atom. The Kier molecular flexibility index (Phi) is 8.01. The fourth-order valence-corrected chi connectivity index (χ4v) is 3.21. The summed E-state index contributed by atoms with van der Waals surface area (Å²) in [5, 5.41) is 3.64. The van der Waals surface area contributed by atoms with E-state index in [9.17, 15) is 0 Å². The molecule has 0 spiro atoms. The summed E-state index contributed by atoms with van der Waals surface area (Å²) in [6, 6.07) is 0. The van der Waals surface area contributed by atoms with E-state index in [1.807, 2.05) is 0 Å². The van der Waals surface area contributed by atoms with Crippen LogP contribution in [0.4, 0.5) is 0 Å². The minimum absolute atomic E-state index is 0.514. The van der Waals surface area contributed by atoms with Crippen molar-refractivity contribution in [2.75, 3.05) is 26.8 Å². The molecule has 0 amide bonds. The number of nitrogens with one attached hydrogen (secondary N) is 1. The standard InChI is InChI=1S/C17H35NO/c1-17(2,3)16-10-8-15(9-11-16)14-18-12-6-5-7-13-19-4/h15-16,18H,5-14H2,1-4H3. The summed E-state index contributed by atoms with van der Waals surface area (Å²) in [4.78, 5) is 0. The van der Waals surface area contributed by atoms with Crippen molar-refractivity contribution in [3.05, 3.63) is 0 Å². The van der Waals surface area contributed by atoms with Gasteiger partial charge in [-0.3, -0.25) is 0 Å². The Morgan fingerprint density at radius 3 is 2.26 bits per heavy atom. The third kappa shape index (κ3) is 7.31. The van der Waals surface area contributed by atoms with Crippen LogP contribution in [0.15, 0.2) is 0 Å². The fourth-order valence-electron chi connectivity index (χ4n) is 3.21. The first kappa shape index (κ1) is 17.0. The molecule has 1 aliphatic carbocycles. The monoisotopic (exact) mass is 269 g/mol. The van der Waals surface area contributed by atoms with Gasteiger partial charge < -0.3 is 10.1 Å². The van der Waals surface area contributed by atoms with Gasteiger partial charge in [-0.05, 0) is 75.3 Å². The van der Waals surface area contributed by atoms with Gasteiger partial charge in [0.05, 0.1) is 0 Å². The van der Waals surface area contributed by atoms with Crippen LogP contribution in [0.5, 0.6) is 0 Å². The van der Waals surface area contributed by atoms with Crippen molar-refractivity contribution in [1.29, 1.82) is 0 Å². The van der Waals surface area contributed by atoms with Gasteiger partial charge in [-0.15, -0.1) is 0 Å². The van der Waals surface area contributed by atoms with Gasteiger partial charge >= 0.3 is 0 Å². The van der Waals surface area contributed by atoms with E-state index >= 15 is 0 Å². The maximum absolute atomic E-state index is 5.06. The normalized spacial score (nSPS) is 24.6. The summed E-state index contributed by atoms with van der Waals surface area (Å²) in [7, 11) is 1.78. The summed E-state index contributed by atoms with van der Waals surface area (Å²) < 4.78 is 5.06. The first-order valence-corrected chi connectivity index (χ1v) is 8.23. The Hall–Kier alpha value is -0.0800. The summed E-state index contributed by atoms with van der Waals surface area (Å²) in [6.45, 7) is 10.5. The largest absolute Gasteiger partial charge is 0.385 e. The van der Waals surface area contributed by atoms with Crippen molar-refractivity contribution in [2.24, 2.45) is 17.3 Å². The number of methoxy groups -OCH3 is 1. The van der Waals surface area contributed by atoms with Crippen LogP contribution < -0.4 is 5.32 Å². The van der Waals surface area contributed by atoms with Crippen molar-refractivity contribution in [2.45, 2.75) is 65.7 Å². The van der Waals surface area contributed by atoms with E-state index in [2.05, 4.69) is 26.1 Å². The van der Waals surface area contributed by atoms with Crippen LogP contribution in [-0.4, -0.2) is 26.8 Å². The molecule has 0 heterocycles. The fraction of sp³-hybridized carbons (Fsp3) is 1.00. The van der Waals surface area contributed by atoms with E-state index < -0.39 is 0 Å². The Balaban J connectivity index is 1.98. The summed E-state index contributed by atoms with van der Waals surface area (Å²) in [5.41, 5.74) is 0.514. The van der Waals surface area contributed by atoms with Crippen molar-refractivity contribution in [1.82, 2.24) is 5.32 Å². The van der Waals surface area contributed by atoms with Crippen molar-refractivity contribution >= 4 is 0 Å². The Bertz CT molecular complexity index is 214. The molecule has 0 aromatic heterocycles. The summed E-state index contributed by atoms with van der Waals surface area (Å²) in [6.07, 6.45) is 9.51. The minimum atomic E-state index is 0.514. The molecule has 0 unspecified atom stereocenters. The first-order valence-electron chi connectivity index (χ1n) is 8.23. The molecule has 0 aromatic carbocycles. The van der Waals surface area contributed by atoms with Crippen LogP contribution in [0.2, 0.25) is 0 Å². The third-order valence-corrected chi connectivity index (χ3v) is 4.71. The van der Waals surface area contributed by atoms with Gasteiger partial charge in [0.2, 0.25) is 0 Å². The molecule has 0 atom stereocenters. The lowest BCUT2D eigenvalue weighted by molar-refractivity contribution is 0.149. The molecule has 0 saturated heterocycles. The Labute approximate surface area is 120 Å². The van der Waals surface area contributed by atoms with Gasteiger partial charge in [-0.1, -0.05) is 20.8 Å². The molecule has 2 heteroatoms. The van der Waals surface area contributed by atoms with Crippen molar-refractivity contribution in [3.63, 3.8) is 0 Å². The van der Waals surface area contributed by atoms with Crippen molar-refractivity contribution in [3.8, 4) is 0 Å². The van der Waals surface area contributed by atoms with E-state index in [1.165, 1.54) is 58.0 Å². The van der Waals surface area contributed by atoms with Crippen LogP contribution in [0, 0.1) is 17.3 Å². The molecule has 1 N–H and O–H groups in total. The van der Waals surface area contributed by atoms with Gasteiger partial charge in [0.25, 0.3) is 0 Å². The van der Waals surface area contributed by atoms with Gasteiger partial charge in [-0.2, -0.15) is 0 Å². The summed E-state index contributed by atoms with van der Waals surface area (Å²) >= 11 is 0. The van der Waals surface area contributed by atoms with E-state index in [0.29, 0.717) is 5.41 Å². The molecule has 1 rings (SSSR count). The molecule has 0 bridgehead atoms. The Morgan fingerprint density at radius 2 is 1.68 bits per heavy atom. The number of hydrogen-bond acceptors (Lipinski definition) is 2. The van der Waals surface area contributed by atoms with E-state index in [0.717, 1.165) is 18.4 Å². The van der Waals surface area contributed by atoms with Crippen LogP contribution in [-0.2, 0) is 4.74 Å². The van der Waals surface area contributed by atoms with Crippen LogP contribution in [0.25, 0.3) is 0 Å². The highest BCUT2D eigenvalue weighted by molar-refractivity contribution is 4.81. The van der Waals surface area contributed by atoms with E-state index in [-0.39, 0.29) is 0 Å². The quantitative estimate of drug-likeness (QED) is 0.665. The van der Waals surface area contributed by atoms with E-state index in [1.54, 1.807) is 7.11 Å². The number of hydrogen-bond donors (Lipinski definition) is 1. The number of rotatable bonds is 8. The second-order valence-corrected chi connectivity index (χ2v) is 7.34. The van der Waals surface area contributed by atoms with Gasteiger partial charge in [0, 0.05) is 13.7 Å². The zero-order valence-electron chi connectivity index (χ0n) is 13.6. The predicted molar refractivity (Wildman–Crippen MR) is 83.5 cm³/mol. The maximum atomic E-state index is 5.06. The van der Waals surface area contributed by atoms with Gasteiger partial charge in [-0.25, -0.2) is 0 Å². The maximum Gasteiger partial charge on any atom is 0.0462 e. The zero-order valence-corrected chi connectivity index (χ0v) is 13.6. The SMILES string of the molecule is COCCCCCNCC1CCC(C(C)(C)C)CC1. The average molecular weight is 269 g/mol. The molecular formula is C17H35NO. The minimum Gasteiger partial charge on any atom is -0.385 e. The smallest absolute Gasteiger partial charge is 0.0462 e. The second kappa shape index (κ2) is 8.97. The lowest BCUT2D eigenvalue weighted by Gasteiger charge is -2.37. The van der Waals surface area contributed by atoms with Gasteiger partial charge in [0.15, 0.2) is 0 Å². The number of unbranched alkanes of at least 4 members (excludes halogenated alkanes) is 2.